The normalized spacial score (nSPS) is 10.3. The first-order valence-corrected chi connectivity index (χ1v) is 5.43. The minimum absolute atomic E-state index is 0.175. The molecular weight excluding hydrogens is 263 g/mol. The summed E-state index contributed by atoms with van der Waals surface area (Å²) < 4.78 is 1.59. The van der Waals surface area contributed by atoms with Crippen molar-refractivity contribution >= 4 is 34.8 Å². The van der Waals surface area contributed by atoms with Gasteiger partial charge >= 0.3 is 0 Å². The second-order valence-electron chi connectivity index (χ2n) is 3.36. The van der Waals surface area contributed by atoms with E-state index >= 15 is 0 Å². The number of carbonyl (C=O) groups excluding carboxylic acids is 1. The van der Waals surface area contributed by atoms with Crippen LogP contribution in [-0.2, 0) is 7.05 Å². The fourth-order valence-electron chi connectivity index (χ4n) is 1.29. The third-order valence-electron chi connectivity index (χ3n) is 1.99. The topological polar surface area (TPSA) is 59.8 Å². The number of hydrogen-bond acceptors (Lipinski definition) is 3. The van der Waals surface area contributed by atoms with Crippen LogP contribution in [0.1, 0.15) is 10.4 Å². The molecule has 17 heavy (non-hydrogen) atoms. The summed E-state index contributed by atoms with van der Waals surface area (Å²) in [5.41, 5.74) is 0.945. The van der Waals surface area contributed by atoms with Crippen LogP contribution in [0.4, 0.5) is 5.69 Å². The average Bonchev–Trinajstić information content (AvgIpc) is 2.62. The maximum absolute atomic E-state index is 11.8. The molecule has 5 nitrogen and oxygen atoms in total. The first-order valence-electron chi connectivity index (χ1n) is 4.67. The SMILES string of the molecule is Cn1cc(NC(=O)c2cc(Cl)nc(Cl)c2)cn1. The van der Waals surface area contributed by atoms with Crippen molar-refractivity contribution in [1.82, 2.24) is 14.8 Å². The highest BCUT2D eigenvalue weighted by Gasteiger charge is 2.09. The quantitative estimate of drug-likeness (QED) is 0.853. The van der Waals surface area contributed by atoms with E-state index in [0.29, 0.717) is 11.3 Å². The van der Waals surface area contributed by atoms with Crippen LogP contribution in [0.2, 0.25) is 10.3 Å². The Kier molecular flexibility index (Phi) is 3.31. The zero-order valence-electron chi connectivity index (χ0n) is 8.82. The summed E-state index contributed by atoms with van der Waals surface area (Å²) in [7, 11) is 1.76. The first kappa shape index (κ1) is 11.9. The van der Waals surface area contributed by atoms with Crippen molar-refractivity contribution in [2.45, 2.75) is 0 Å². The lowest BCUT2D eigenvalue weighted by Gasteiger charge is -2.03. The number of carbonyl (C=O) groups is 1. The highest BCUT2D eigenvalue weighted by atomic mass is 35.5. The average molecular weight is 271 g/mol. The van der Waals surface area contributed by atoms with Crippen LogP contribution < -0.4 is 5.32 Å². The van der Waals surface area contributed by atoms with Gasteiger partial charge in [-0.15, -0.1) is 0 Å². The van der Waals surface area contributed by atoms with Crippen LogP contribution in [0.25, 0.3) is 0 Å². The van der Waals surface area contributed by atoms with Crippen LogP contribution in [0.3, 0.4) is 0 Å². The lowest BCUT2D eigenvalue weighted by atomic mass is 10.2. The Morgan fingerprint density at radius 2 is 2.00 bits per heavy atom. The highest BCUT2D eigenvalue weighted by Crippen LogP contribution is 2.16. The fourth-order valence-corrected chi connectivity index (χ4v) is 1.75. The van der Waals surface area contributed by atoms with Crippen LogP contribution in [0.15, 0.2) is 24.5 Å². The molecular formula is C10H8Cl2N4O. The van der Waals surface area contributed by atoms with E-state index in [1.54, 1.807) is 24.1 Å². The summed E-state index contributed by atoms with van der Waals surface area (Å²) >= 11 is 11.4. The van der Waals surface area contributed by atoms with E-state index in [4.69, 9.17) is 23.2 Å². The summed E-state index contributed by atoms with van der Waals surface area (Å²) in [5, 5.41) is 6.95. The molecule has 2 heterocycles. The summed E-state index contributed by atoms with van der Waals surface area (Å²) in [6.07, 6.45) is 3.23. The summed E-state index contributed by atoms with van der Waals surface area (Å²) in [4.78, 5) is 15.6. The smallest absolute Gasteiger partial charge is 0.255 e. The molecule has 0 spiro atoms. The molecule has 2 rings (SSSR count). The Labute approximate surface area is 107 Å². The number of amides is 1. The minimum Gasteiger partial charge on any atom is -0.319 e. The van der Waals surface area contributed by atoms with Crippen molar-refractivity contribution in [2.75, 3.05) is 5.32 Å². The Morgan fingerprint density at radius 1 is 1.35 bits per heavy atom. The van der Waals surface area contributed by atoms with Crippen LogP contribution in [0, 0.1) is 0 Å². The molecule has 0 aromatic carbocycles. The van der Waals surface area contributed by atoms with Crippen molar-refractivity contribution in [3.8, 4) is 0 Å². The molecule has 0 radical (unpaired) electrons. The van der Waals surface area contributed by atoms with Gasteiger partial charge in [-0.3, -0.25) is 9.48 Å². The summed E-state index contributed by atoms with van der Waals surface area (Å²) in [6, 6.07) is 2.89. The van der Waals surface area contributed by atoms with E-state index in [2.05, 4.69) is 15.4 Å². The Bertz CT molecular complexity index is 547. The predicted molar refractivity (Wildman–Crippen MR) is 65.4 cm³/mol. The second kappa shape index (κ2) is 4.73. The Hall–Kier alpha value is -1.59. The first-order chi connectivity index (χ1) is 8.04. The largest absolute Gasteiger partial charge is 0.319 e. The van der Waals surface area contributed by atoms with E-state index < -0.39 is 0 Å². The summed E-state index contributed by atoms with van der Waals surface area (Å²) in [6.45, 7) is 0. The number of pyridine rings is 1. The zero-order chi connectivity index (χ0) is 12.4. The maximum atomic E-state index is 11.8. The molecule has 0 fully saturated rings. The lowest BCUT2D eigenvalue weighted by Crippen LogP contribution is -2.11. The Balaban J connectivity index is 2.19. The van der Waals surface area contributed by atoms with Gasteiger partial charge in [0.2, 0.25) is 0 Å². The molecule has 0 saturated carbocycles. The van der Waals surface area contributed by atoms with Crippen LogP contribution >= 0.6 is 23.2 Å². The van der Waals surface area contributed by atoms with E-state index in [-0.39, 0.29) is 16.2 Å². The molecule has 88 valence electrons. The van der Waals surface area contributed by atoms with Gasteiger partial charge in [-0.05, 0) is 12.1 Å². The minimum atomic E-state index is -0.316. The molecule has 0 unspecified atom stereocenters. The van der Waals surface area contributed by atoms with Crippen molar-refractivity contribution in [3.63, 3.8) is 0 Å². The number of rotatable bonds is 2. The molecule has 2 aromatic heterocycles. The van der Waals surface area contributed by atoms with Gasteiger partial charge in [-0.2, -0.15) is 5.10 Å². The third-order valence-corrected chi connectivity index (χ3v) is 2.38. The predicted octanol–water partition coefficient (Wildman–Crippen LogP) is 2.37. The molecule has 1 N–H and O–H groups in total. The number of nitrogens with zero attached hydrogens (tertiary/aromatic N) is 3. The molecule has 0 atom stereocenters. The molecule has 0 aliphatic heterocycles. The Morgan fingerprint density at radius 3 is 2.53 bits per heavy atom. The lowest BCUT2D eigenvalue weighted by molar-refractivity contribution is 0.102. The van der Waals surface area contributed by atoms with E-state index in [9.17, 15) is 4.79 Å². The van der Waals surface area contributed by atoms with E-state index in [0.717, 1.165) is 0 Å². The number of halogens is 2. The number of aryl methyl sites for hydroxylation is 1. The third kappa shape index (κ3) is 2.95. The van der Waals surface area contributed by atoms with Gasteiger partial charge in [-0.1, -0.05) is 23.2 Å². The molecule has 0 aliphatic carbocycles. The molecule has 0 bridgehead atoms. The highest BCUT2D eigenvalue weighted by molar-refractivity contribution is 6.33. The van der Waals surface area contributed by atoms with E-state index in [1.807, 2.05) is 0 Å². The fraction of sp³-hybridized carbons (Fsp3) is 0.100. The number of nitrogens with one attached hydrogen (secondary N) is 1. The van der Waals surface area contributed by atoms with Crippen molar-refractivity contribution in [1.29, 1.82) is 0 Å². The van der Waals surface area contributed by atoms with Crippen molar-refractivity contribution in [3.05, 3.63) is 40.4 Å². The van der Waals surface area contributed by atoms with Gasteiger partial charge in [0, 0.05) is 18.8 Å². The standard InChI is InChI=1S/C10H8Cl2N4O/c1-16-5-7(4-13-16)14-10(17)6-2-8(11)15-9(12)3-6/h2-5H,1H3,(H,14,17). The van der Waals surface area contributed by atoms with E-state index in [1.165, 1.54) is 12.1 Å². The monoisotopic (exact) mass is 270 g/mol. The number of anilines is 1. The summed E-state index contributed by atoms with van der Waals surface area (Å²) in [5.74, 6) is -0.316. The van der Waals surface area contributed by atoms with Crippen molar-refractivity contribution in [2.24, 2.45) is 7.05 Å². The van der Waals surface area contributed by atoms with Crippen LogP contribution in [0.5, 0.6) is 0 Å². The second-order valence-corrected chi connectivity index (χ2v) is 4.13. The maximum Gasteiger partial charge on any atom is 0.255 e. The molecule has 0 aliphatic rings. The van der Waals surface area contributed by atoms with Crippen molar-refractivity contribution < 1.29 is 4.79 Å². The van der Waals surface area contributed by atoms with Gasteiger partial charge < -0.3 is 5.32 Å². The van der Waals surface area contributed by atoms with Gasteiger partial charge in [0.1, 0.15) is 10.3 Å². The molecule has 2 aromatic rings. The molecule has 1 amide bonds. The zero-order valence-corrected chi connectivity index (χ0v) is 10.3. The number of aromatic nitrogens is 3. The van der Waals surface area contributed by atoms with Gasteiger partial charge in [0.25, 0.3) is 5.91 Å². The molecule has 0 saturated heterocycles. The van der Waals surface area contributed by atoms with Gasteiger partial charge in [-0.25, -0.2) is 4.98 Å². The molecule has 7 heteroatoms. The van der Waals surface area contributed by atoms with Gasteiger partial charge in [0.05, 0.1) is 11.9 Å². The van der Waals surface area contributed by atoms with Crippen LogP contribution in [-0.4, -0.2) is 20.7 Å². The van der Waals surface area contributed by atoms with Gasteiger partial charge in [0.15, 0.2) is 0 Å². The number of hydrogen-bond donors (Lipinski definition) is 1.